The summed E-state index contributed by atoms with van der Waals surface area (Å²) >= 11 is 0. The van der Waals surface area contributed by atoms with Crippen molar-refractivity contribution in [3.8, 4) is 17.2 Å². The van der Waals surface area contributed by atoms with Crippen molar-refractivity contribution in [3.63, 3.8) is 0 Å². The third-order valence-corrected chi connectivity index (χ3v) is 8.02. The minimum Gasteiger partial charge on any atom is -0.381 e. The molecule has 1 N–H and O–H groups in total. The van der Waals surface area contributed by atoms with Gasteiger partial charge in [0.15, 0.2) is 5.43 Å². The number of nitrogens with one attached hydrogen (secondary N) is 1. The van der Waals surface area contributed by atoms with E-state index in [0.717, 1.165) is 23.8 Å². The number of rotatable bonds is 3. The molecular weight excluding hydrogens is 493 g/mol. The van der Waals surface area contributed by atoms with Crippen molar-refractivity contribution in [1.29, 1.82) is 5.26 Å². The smallest absolute Gasteiger partial charge is 0.332 e. The number of halogens is 1. The van der Waals surface area contributed by atoms with Crippen LogP contribution in [0.2, 0.25) is 0 Å². The number of aromatic amines is 1. The lowest BCUT2D eigenvalue weighted by atomic mass is 9.96. The van der Waals surface area contributed by atoms with E-state index in [2.05, 4.69) is 15.6 Å². The van der Waals surface area contributed by atoms with Crippen LogP contribution in [0.4, 0.5) is 3.89 Å². The Balaban J connectivity index is 1.72. The maximum Gasteiger partial charge on any atom is 0.332 e. The number of nitrogens with zero attached hydrogens (tertiary/aromatic N) is 2. The van der Waals surface area contributed by atoms with Crippen molar-refractivity contribution in [3.05, 3.63) is 75.9 Å². The highest BCUT2D eigenvalue weighted by Gasteiger charge is 2.24. The third-order valence-electron chi connectivity index (χ3n) is 7.21. The van der Waals surface area contributed by atoms with Crippen LogP contribution < -0.4 is 5.43 Å². The first kappa shape index (κ1) is 23.4. The summed E-state index contributed by atoms with van der Waals surface area (Å²) in [5.74, 6) is 0. The SMILES string of the molecule is Cc1cc2c(=O)c3c4ccc(C#N)cc4[nH]c3n(C3CCOCC3)c2cc1-c1cccc(S(=O)(=O)F)c1. The summed E-state index contributed by atoms with van der Waals surface area (Å²) in [4.78, 5) is 16.9. The summed E-state index contributed by atoms with van der Waals surface area (Å²) in [7, 11) is -4.87. The molecule has 9 heteroatoms. The highest BCUT2D eigenvalue weighted by Crippen LogP contribution is 2.36. The Kier molecular flexibility index (Phi) is 5.40. The number of aromatic nitrogens is 2. The Morgan fingerprint density at radius 2 is 1.86 bits per heavy atom. The molecule has 0 aliphatic carbocycles. The number of benzene rings is 3. The molecule has 0 atom stereocenters. The molecule has 3 aromatic carbocycles. The van der Waals surface area contributed by atoms with Gasteiger partial charge in [-0.05, 0) is 72.9 Å². The molecule has 0 bridgehead atoms. The number of hydrogen-bond acceptors (Lipinski definition) is 5. The minimum atomic E-state index is -4.87. The van der Waals surface area contributed by atoms with Crippen molar-refractivity contribution < 1.29 is 17.0 Å². The van der Waals surface area contributed by atoms with Crippen LogP contribution >= 0.6 is 0 Å². The number of aryl methyl sites for hydroxylation is 1. The lowest BCUT2D eigenvalue weighted by molar-refractivity contribution is 0.0715. The number of hydrogen-bond donors (Lipinski definition) is 1. The van der Waals surface area contributed by atoms with Gasteiger partial charge in [0.2, 0.25) is 0 Å². The van der Waals surface area contributed by atoms with Gasteiger partial charge in [0.25, 0.3) is 0 Å². The zero-order chi connectivity index (χ0) is 25.9. The van der Waals surface area contributed by atoms with Crippen LogP contribution in [0.15, 0.2) is 64.3 Å². The van der Waals surface area contributed by atoms with E-state index < -0.39 is 15.1 Å². The molecule has 1 saturated heterocycles. The fourth-order valence-electron chi connectivity index (χ4n) is 5.45. The van der Waals surface area contributed by atoms with Crippen LogP contribution in [-0.2, 0) is 15.0 Å². The topological polar surface area (TPSA) is 105 Å². The first-order chi connectivity index (χ1) is 17.8. The van der Waals surface area contributed by atoms with Crippen molar-refractivity contribution in [2.24, 2.45) is 0 Å². The first-order valence-electron chi connectivity index (χ1n) is 11.9. The Morgan fingerprint density at radius 1 is 1.08 bits per heavy atom. The van der Waals surface area contributed by atoms with Crippen molar-refractivity contribution >= 4 is 43.1 Å². The Hall–Kier alpha value is -4.00. The Morgan fingerprint density at radius 3 is 2.59 bits per heavy atom. The van der Waals surface area contributed by atoms with Gasteiger partial charge in [0, 0.05) is 35.5 Å². The molecule has 6 rings (SSSR count). The molecule has 1 fully saturated rings. The minimum absolute atomic E-state index is 0.0518. The Labute approximate surface area is 211 Å². The lowest BCUT2D eigenvalue weighted by Crippen LogP contribution is -2.22. The summed E-state index contributed by atoms with van der Waals surface area (Å²) in [6.07, 6.45) is 1.51. The molecule has 3 heterocycles. The molecule has 5 aromatic rings. The molecule has 1 aliphatic heterocycles. The molecule has 186 valence electrons. The zero-order valence-corrected chi connectivity index (χ0v) is 20.7. The van der Waals surface area contributed by atoms with Crippen LogP contribution in [0.25, 0.3) is 44.0 Å². The Bertz CT molecular complexity index is 1940. The molecule has 0 radical (unpaired) electrons. The number of nitriles is 1. The predicted octanol–water partition coefficient (Wildman–Crippen LogP) is 5.49. The maximum atomic E-state index is 13.9. The fraction of sp³-hybridized carbons (Fsp3) is 0.214. The summed E-state index contributed by atoms with van der Waals surface area (Å²) in [6, 6.07) is 16.9. The van der Waals surface area contributed by atoms with E-state index in [1.807, 2.05) is 19.1 Å². The molecule has 1 aliphatic rings. The average Bonchev–Trinajstić information content (AvgIpc) is 3.27. The van der Waals surface area contributed by atoms with Crippen LogP contribution in [0.5, 0.6) is 0 Å². The van der Waals surface area contributed by atoms with E-state index in [1.165, 1.54) is 18.2 Å². The lowest BCUT2D eigenvalue weighted by Gasteiger charge is -2.27. The van der Waals surface area contributed by atoms with Gasteiger partial charge < -0.3 is 14.3 Å². The monoisotopic (exact) mass is 515 g/mol. The van der Waals surface area contributed by atoms with Crippen LogP contribution in [-0.4, -0.2) is 31.2 Å². The first-order valence-corrected chi connectivity index (χ1v) is 13.3. The molecular formula is C28H22FN3O4S. The molecule has 37 heavy (non-hydrogen) atoms. The van der Waals surface area contributed by atoms with Crippen LogP contribution in [0.3, 0.4) is 0 Å². The molecule has 0 amide bonds. The standard InChI is InChI=1S/C28H22FN3O4S/c1-16-11-23-25(14-22(16)18-3-2-4-20(13-18)37(29,34)35)32(19-7-9-36-10-8-19)28-26(27(23)33)21-6-5-17(15-30)12-24(21)31-28/h2-6,11-14,19,31H,7-10H2,1H3. The van der Waals surface area contributed by atoms with Crippen molar-refractivity contribution in [2.45, 2.75) is 30.7 Å². The largest absolute Gasteiger partial charge is 0.381 e. The molecule has 7 nitrogen and oxygen atoms in total. The van der Waals surface area contributed by atoms with Gasteiger partial charge in [-0.15, -0.1) is 3.89 Å². The normalized spacial score (nSPS) is 14.9. The van der Waals surface area contributed by atoms with Crippen molar-refractivity contribution in [2.75, 3.05) is 13.2 Å². The van der Waals surface area contributed by atoms with Gasteiger partial charge in [-0.2, -0.15) is 13.7 Å². The summed E-state index contributed by atoms with van der Waals surface area (Å²) in [5.41, 5.74) is 4.46. The molecule has 2 aromatic heterocycles. The highest BCUT2D eigenvalue weighted by molar-refractivity contribution is 7.86. The summed E-state index contributed by atoms with van der Waals surface area (Å²) in [6.45, 7) is 3.03. The second kappa shape index (κ2) is 8.54. The van der Waals surface area contributed by atoms with E-state index in [0.29, 0.717) is 57.4 Å². The molecule has 0 saturated carbocycles. The number of H-pyrrole nitrogens is 1. The highest BCUT2D eigenvalue weighted by atomic mass is 32.3. The van der Waals surface area contributed by atoms with Crippen LogP contribution in [0, 0.1) is 18.3 Å². The van der Waals surface area contributed by atoms with Gasteiger partial charge >= 0.3 is 10.2 Å². The maximum absolute atomic E-state index is 13.9. The summed E-state index contributed by atoms with van der Waals surface area (Å²) in [5, 5.41) is 11.2. The van der Waals surface area contributed by atoms with E-state index >= 15 is 0 Å². The molecule has 0 spiro atoms. The van der Waals surface area contributed by atoms with E-state index in [-0.39, 0.29) is 11.5 Å². The van der Waals surface area contributed by atoms with Gasteiger partial charge in [-0.1, -0.05) is 18.2 Å². The van der Waals surface area contributed by atoms with Crippen molar-refractivity contribution in [1.82, 2.24) is 9.55 Å². The zero-order valence-electron chi connectivity index (χ0n) is 19.9. The van der Waals surface area contributed by atoms with E-state index in [4.69, 9.17) is 4.74 Å². The van der Waals surface area contributed by atoms with E-state index in [1.54, 1.807) is 24.3 Å². The van der Waals surface area contributed by atoms with Gasteiger partial charge in [0.05, 0.1) is 27.4 Å². The second-order valence-corrected chi connectivity index (χ2v) is 10.8. The summed E-state index contributed by atoms with van der Waals surface area (Å²) < 4.78 is 44.6. The predicted molar refractivity (Wildman–Crippen MR) is 140 cm³/mol. The molecule has 0 unspecified atom stereocenters. The fourth-order valence-corrected chi connectivity index (χ4v) is 5.95. The average molecular weight is 516 g/mol. The van der Waals surface area contributed by atoms with Gasteiger partial charge in [-0.3, -0.25) is 4.79 Å². The van der Waals surface area contributed by atoms with Crippen LogP contribution in [0.1, 0.15) is 30.0 Å². The number of ether oxygens (including phenoxy) is 1. The quantitative estimate of drug-likeness (QED) is 0.320. The second-order valence-electron chi connectivity index (χ2n) is 9.41. The number of pyridine rings is 1. The number of fused-ring (bicyclic) bond motifs is 4. The van der Waals surface area contributed by atoms with Gasteiger partial charge in [0.1, 0.15) is 5.65 Å². The third kappa shape index (κ3) is 3.80. The van der Waals surface area contributed by atoms with E-state index in [9.17, 15) is 22.4 Å². The van der Waals surface area contributed by atoms with Gasteiger partial charge in [-0.25, -0.2) is 0 Å².